The summed E-state index contributed by atoms with van der Waals surface area (Å²) in [5, 5.41) is 6.61. The van der Waals surface area contributed by atoms with E-state index in [1.165, 1.54) is 6.21 Å². The molecular formula is C17H17N3O4. The fourth-order valence-corrected chi connectivity index (χ4v) is 2.17. The zero-order chi connectivity index (χ0) is 16.9. The molecule has 7 heteroatoms. The molecule has 0 saturated heterocycles. The van der Waals surface area contributed by atoms with Gasteiger partial charge in [0.1, 0.15) is 5.75 Å². The fourth-order valence-electron chi connectivity index (χ4n) is 2.17. The molecule has 2 aromatic carbocycles. The number of nitrogens with one attached hydrogen (secondary N) is 2. The molecule has 1 aliphatic heterocycles. The van der Waals surface area contributed by atoms with Crippen molar-refractivity contribution >= 4 is 17.9 Å². The first-order valence-electron chi connectivity index (χ1n) is 7.30. The minimum atomic E-state index is -0.435. The molecular weight excluding hydrogens is 310 g/mol. The SMILES string of the molecule is COc1cc2c(cc1/C=N\NC(=O)Nc1ccc(C)cc1)OCO2. The number of hydrogen-bond donors (Lipinski definition) is 2. The first kappa shape index (κ1) is 15.7. The molecule has 1 heterocycles. The zero-order valence-electron chi connectivity index (χ0n) is 13.3. The van der Waals surface area contributed by atoms with E-state index in [-0.39, 0.29) is 6.79 Å². The number of carbonyl (C=O) groups excluding carboxylic acids is 1. The van der Waals surface area contributed by atoms with E-state index in [1.54, 1.807) is 19.2 Å². The minimum Gasteiger partial charge on any atom is -0.496 e. The number of urea groups is 1. The van der Waals surface area contributed by atoms with Gasteiger partial charge in [0.2, 0.25) is 6.79 Å². The third-order valence-corrected chi connectivity index (χ3v) is 3.40. The summed E-state index contributed by atoms with van der Waals surface area (Å²) >= 11 is 0. The molecule has 0 bridgehead atoms. The summed E-state index contributed by atoms with van der Waals surface area (Å²) in [6.07, 6.45) is 1.48. The van der Waals surface area contributed by atoms with Crippen molar-refractivity contribution in [2.75, 3.05) is 19.2 Å². The number of anilines is 1. The Morgan fingerprint density at radius 1 is 1.21 bits per heavy atom. The molecule has 0 fully saturated rings. The van der Waals surface area contributed by atoms with Crippen LogP contribution in [0.4, 0.5) is 10.5 Å². The Labute approximate surface area is 139 Å². The van der Waals surface area contributed by atoms with Crippen LogP contribution in [0.15, 0.2) is 41.5 Å². The Kier molecular flexibility index (Phi) is 4.51. The van der Waals surface area contributed by atoms with Crippen LogP contribution in [0.25, 0.3) is 0 Å². The van der Waals surface area contributed by atoms with E-state index in [2.05, 4.69) is 15.8 Å². The van der Waals surface area contributed by atoms with Crippen molar-refractivity contribution in [3.8, 4) is 17.2 Å². The van der Waals surface area contributed by atoms with Crippen LogP contribution in [0.2, 0.25) is 0 Å². The monoisotopic (exact) mass is 327 g/mol. The summed E-state index contributed by atoms with van der Waals surface area (Å²) in [6.45, 7) is 2.16. The van der Waals surface area contributed by atoms with Crippen LogP contribution in [0.5, 0.6) is 17.2 Å². The maximum Gasteiger partial charge on any atom is 0.339 e. The van der Waals surface area contributed by atoms with Gasteiger partial charge in [-0.1, -0.05) is 17.7 Å². The quantitative estimate of drug-likeness (QED) is 0.668. The standard InChI is InChI=1S/C17H17N3O4/c1-11-3-5-13(6-4-11)19-17(21)20-18-9-12-7-15-16(24-10-23-15)8-14(12)22-2/h3-9H,10H2,1-2H3,(H2,19,20,21)/b18-9-. The lowest BCUT2D eigenvalue weighted by Crippen LogP contribution is -2.24. The van der Waals surface area contributed by atoms with Crippen molar-refractivity contribution in [1.29, 1.82) is 0 Å². The van der Waals surface area contributed by atoms with Crippen LogP contribution in [0.3, 0.4) is 0 Å². The van der Waals surface area contributed by atoms with Crippen molar-refractivity contribution in [3.05, 3.63) is 47.5 Å². The number of rotatable bonds is 4. The zero-order valence-corrected chi connectivity index (χ0v) is 13.3. The van der Waals surface area contributed by atoms with Crippen molar-refractivity contribution in [3.63, 3.8) is 0 Å². The summed E-state index contributed by atoms with van der Waals surface area (Å²) < 4.78 is 15.9. The van der Waals surface area contributed by atoms with E-state index in [0.29, 0.717) is 28.5 Å². The third-order valence-electron chi connectivity index (χ3n) is 3.40. The van der Waals surface area contributed by atoms with Crippen molar-refractivity contribution in [2.24, 2.45) is 5.10 Å². The largest absolute Gasteiger partial charge is 0.496 e. The molecule has 0 saturated carbocycles. The molecule has 0 unspecified atom stereocenters. The van der Waals surface area contributed by atoms with Gasteiger partial charge in [-0.05, 0) is 25.1 Å². The Morgan fingerprint density at radius 2 is 1.92 bits per heavy atom. The molecule has 2 aromatic rings. The molecule has 0 radical (unpaired) electrons. The highest BCUT2D eigenvalue weighted by molar-refractivity contribution is 5.91. The van der Waals surface area contributed by atoms with Crippen LogP contribution < -0.4 is 25.0 Å². The first-order chi connectivity index (χ1) is 11.7. The van der Waals surface area contributed by atoms with Crippen LogP contribution in [-0.4, -0.2) is 26.1 Å². The number of hydrazone groups is 1. The van der Waals surface area contributed by atoms with Gasteiger partial charge in [0.25, 0.3) is 0 Å². The predicted molar refractivity (Wildman–Crippen MR) is 90.0 cm³/mol. The molecule has 0 aliphatic carbocycles. The summed E-state index contributed by atoms with van der Waals surface area (Å²) in [4.78, 5) is 11.8. The number of aryl methyl sites for hydroxylation is 1. The smallest absolute Gasteiger partial charge is 0.339 e. The van der Waals surface area contributed by atoms with Gasteiger partial charge in [0, 0.05) is 17.3 Å². The molecule has 1 aliphatic rings. The number of hydrogen-bond acceptors (Lipinski definition) is 5. The van der Waals surface area contributed by atoms with Gasteiger partial charge in [-0.15, -0.1) is 0 Å². The van der Waals surface area contributed by atoms with Crippen LogP contribution >= 0.6 is 0 Å². The van der Waals surface area contributed by atoms with Crippen LogP contribution in [0.1, 0.15) is 11.1 Å². The predicted octanol–water partition coefficient (Wildman–Crippen LogP) is 2.89. The number of nitrogens with zero attached hydrogens (tertiary/aromatic N) is 1. The lowest BCUT2D eigenvalue weighted by molar-refractivity contribution is 0.174. The maximum absolute atomic E-state index is 11.8. The average molecular weight is 327 g/mol. The normalized spacial score (nSPS) is 12.2. The van der Waals surface area contributed by atoms with Gasteiger partial charge in [-0.3, -0.25) is 0 Å². The number of amides is 2. The summed E-state index contributed by atoms with van der Waals surface area (Å²) in [5.74, 6) is 1.80. The van der Waals surface area contributed by atoms with E-state index >= 15 is 0 Å². The average Bonchev–Trinajstić information content (AvgIpc) is 3.03. The van der Waals surface area contributed by atoms with Crippen molar-refractivity contribution < 1.29 is 19.0 Å². The van der Waals surface area contributed by atoms with Gasteiger partial charge in [-0.25, -0.2) is 10.2 Å². The van der Waals surface area contributed by atoms with Crippen molar-refractivity contribution in [2.45, 2.75) is 6.92 Å². The third kappa shape index (κ3) is 3.57. The molecule has 3 rings (SSSR count). The van der Waals surface area contributed by atoms with E-state index < -0.39 is 6.03 Å². The molecule has 2 amide bonds. The Hall–Kier alpha value is -3.22. The van der Waals surface area contributed by atoms with Gasteiger partial charge >= 0.3 is 6.03 Å². The molecule has 124 valence electrons. The highest BCUT2D eigenvalue weighted by Crippen LogP contribution is 2.37. The van der Waals surface area contributed by atoms with E-state index in [0.717, 1.165) is 5.56 Å². The van der Waals surface area contributed by atoms with Crippen molar-refractivity contribution in [1.82, 2.24) is 5.43 Å². The number of benzene rings is 2. The second kappa shape index (κ2) is 6.91. The Balaban J connectivity index is 1.63. The number of methoxy groups -OCH3 is 1. The van der Waals surface area contributed by atoms with Gasteiger partial charge < -0.3 is 19.5 Å². The number of ether oxygens (including phenoxy) is 3. The second-order valence-electron chi connectivity index (χ2n) is 5.14. The minimum absolute atomic E-state index is 0.177. The Morgan fingerprint density at radius 3 is 2.62 bits per heavy atom. The van der Waals surface area contributed by atoms with Gasteiger partial charge in [0.15, 0.2) is 11.5 Å². The first-order valence-corrected chi connectivity index (χ1v) is 7.30. The van der Waals surface area contributed by atoms with E-state index in [4.69, 9.17) is 14.2 Å². The number of carbonyl (C=O) groups is 1. The fraction of sp³-hybridized carbons (Fsp3) is 0.176. The van der Waals surface area contributed by atoms with Gasteiger partial charge in [-0.2, -0.15) is 5.10 Å². The Bertz CT molecular complexity index is 772. The van der Waals surface area contributed by atoms with E-state index in [9.17, 15) is 4.79 Å². The molecule has 0 aromatic heterocycles. The highest BCUT2D eigenvalue weighted by atomic mass is 16.7. The van der Waals surface area contributed by atoms with Gasteiger partial charge in [0.05, 0.1) is 13.3 Å². The lowest BCUT2D eigenvalue weighted by Gasteiger charge is -2.07. The molecule has 7 nitrogen and oxygen atoms in total. The van der Waals surface area contributed by atoms with Crippen LogP contribution in [0, 0.1) is 6.92 Å². The summed E-state index contributed by atoms with van der Waals surface area (Å²) in [6, 6.07) is 10.5. The summed E-state index contributed by atoms with van der Waals surface area (Å²) in [5.41, 5.74) is 4.88. The molecule has 0 atom stereocenters. The van der Waals surface area contributed by atoms with Crippen LogP contribution in [-0.2, 0) is 0 Å². The second-order valence-corrected chi connectivity index (χ2v) is 5.14. The lowest BCUT2D eigenvalue weighted by atomic mass is 10.2. The highest BCUT2D eigenvalue weighted by Gasteiger charge is 2.17. The molecule has 24 heavy (non-hydrogen) atoms. The van der Waals surface area contributed by atoms with E-state index in [1.807, 2.05) is 31.2 Å². The summed E-state index contributed by atoms with van der Waals surface area (Å²) in [7, 11) is 1.55. The number of fused-ring (bicyclic) bond motifs is 1. The molecule has 2 N–H and O–H groups in total. The maximum atomic E-state index is 11.8. The topological polar surface area (TPSA) is 81.2 Å². The molecule has 0 spiro atoms.